The van der Waals surface area contributed by atoms with E-state index in [1.54, 1.807) is 6.07 Å². The summed E-state index contributed by atoms with van der Waals surface area (Å²) in [4.78, 5) is 14.3. The van der Waals surface area contributed by atoms with E-state index in [0.29, 0.717) is 23.8 Å². The van der Waals surface area contributed by atoms with Crippen LogP contribution in [0.15, 0.2) is 28.0 Å². The van der Waals surface area contributed by atoms with Crippen LogP contribution in [0.5, 0.6) is 0 Å². The lowest BCUT2D eigenvalue weighted by Crippen LogP contribution is -2.59. The van der Waals surface area contributed by atoms with Crippen LogP contribution in [0.2, 0.25) is 5.02 Å². The molecule has 0 unspecified atom stereocenters. The number of nitrogens with zero attached hydrogens (tertiary/aromatic N) is 6. The summed E-state index contributed by atoms with van der Waals surface area (Å²) in [6, 6.07) is 4.17. The largest absolute Gasteiger partial charge is 0.409 e. The zero-order valence-corrected chi connectivity index (χ0v) is 15.4. The van der Waals surface area contributed by atoms with Crippen LogP contribution in [-0.4, -0.2) is 56.4 Å². The van der Waals surface area contributed by atoms with Crippen LogP contribution >= 0.6 is 11.6 Å². The van der Waals surface area contributed by atoms with Gasteiger partial charge in [0.05, 0.1) is 15.6 Å². The van der Waals surface area contributed by atoms with E-state index < -0.39 is 4.92 Å². The zero-order valence-electron chi connectivity index (χ0n) is 14.6. The number of aromatic nitrogens is 2. The standard InChI is InChI=1S/C15H18ClN7O4/c1-8-6-21(12-4-3-10(23(25)26)5-11(12)16)7-9(2)22(8)15(18-24)13-14(17)20-27-19-13/h3-5,8-9,24H,6-7H2,1-2H3,(H2,17,20)/b18-15+/t8-,9+. The summed E-state index contributed by atoms with van der Waals surface area (Å²) < 4.78 is 4.60. The average Bonchev–Trinajstić information content (AvgIpc) is 3.03. The van der Waals surface area contributed by atoms with Crippen molar-refractivity contribution in [3.05, 3.63) is 39.0 Å². The SMILES string of the molecule is C[C@@H]1CN(c2ccc([N+](=O)[O-])cc2Cl)C[C@H](C)N1/C(=N/O)c1nonc1N. The molecule has 3 N–H and O–H groups in total. The topological polar surface area (TPSA) is 147 Å². The fraction of sp³-hybridized carbons (Fsp3) is 0.400. The van der Waals surface area contributed by atoms with Crippen molar-refractivity contribution in [3.63, 3.8) is 0 Å². The summed E-state index contributed by atoms with van der Waals surface area (Å²) in [5.41, 5.74) is 6.52. The van der Waals surface area contributed by atoms with Crippen LogP contribution in [0.1, 0.15) is 19.5 Å². The molecule has 11 nitrogen and oxygen atoms in total. The van der Waals surface area contributed by atoms with Gasteiger partial charge in [-0.3, -0.25) is 10.1 Å². The highest BCUT2D eigenvalue weighted by Gasteiger charge is 2.35. The number of halogens is 1. The monoisotopic (exact) mass is 395 g/mol. The van der Waals surface area contributed by atoms with Crippen LogP contribution < -0.4 is 10.6 Å². The second kappa shape index (κ2) is 7.27. The van der Waals surface area contributed by atoms with E-state index >= 15 is 0 Å². The first-order chi connectivity index (χ1) is 12.8. The summed E-state index contributed by atoms with van der Waals surface area (Å²) in [5.74, 6) is 0.200. The van der Waals surface area contributed by atoms with Crippen molar-refractivity contribution in [1.82, 2.24) is 15.2 Å². The number of oxime groups is 1. The second-order valence-electron chi connectivity index (χ2n) is 6.32. The third kappa shape index (κ3) is 3.45. The number of piperazine rings is 1. The molecular formula is C15H18ClN7O4. The summed E-state index contributed by atoms with van der Waals surface area (Å²) in [7, 11) is 0. The molecule has 2 heterocycles. The minimum atomic E-state index is -0.487. The van der Waals surface area contributed by atoms with Crippen LogP contribution in [0, 0.1) is 10.1 Å². The van der Waals surface area contributed by atoms with E-state index in [-0.39, 0.29) is 35.1 Å². The smallest absolute Gasteiger partial charge is 0.271 e. The molecular weight excluding hydrogens is 378 g/mol. The van der Waals surface area contributed by atoms with Crippen molar-refractivity contribution in [1.29, 1.82) is 0 Å². The number of hydrogen-bond donors (Lipinski definition) is 2. The predicted octanol–water partition coefficient (Wildman–Crippen LogP) is 1.95. The van der Waals surface area contributed by atoms with Gasteiger partial charge in [0.2, 0.25) is 5.84 Å². The van der Waals surface area contributed by atoms with Crippen molar-refractivity contribution in [2.75, 3.05) is 23.7 Å². The predicted molar refractivity (Wildman–Crippen MR) is 98.1 cm³/mol. The fourth-order valence-electron chi connectivity index (χ4n) is 3.37. The van der Waals surface area contributed by atoms with Gasteiger partial charge >= 0.3 is 0 Å². The first-order valence-corrected chi connectivity index (χ1v) is 8.49. The van der Waals surface area contributed by atoms with Crippen LogP contribution in [0.3, 0.4) is 0 Å². The molecule has 0 amide bonds. The Kier molecular flexibility index (Phi) is 5.04. The molecule has 144 valence electrons. The number of non-ortho nitro benzene ring substituents is 1. The summed E-state index contributed by atoms with van der Waals surface area (Å²) in [6.45, 7) is 4.95. The maximum Gasteiger partial charge on any atom is 0.271 e. The van der Waals surface area contributed by atoms with Gasteiger partial charge in [0.25, 0.3) is 5.69 Å². The van der Waals surface area contributed by atoms with Gasteiger partial charge in [-0.1, -0.05) is 16.8 Å². The first-order valence-electron chi connectivity index (χ1n) is 8.11. The fourth-order valence-corrected chi connectivity index (χ4v) is 3.67. The Morgan fingerprint density at radius 3 is 2.56 bits per heavy atom. The van der Waals surface area contributed by atoms with Gasteiger partial charge in [0.1, 0.15) is 0 Å². The average molecular weight is 396 g/mol. The summed E-state index contributed by atoms with van der Waals surface area (Å²) in [6.07, 6.45) is 0. The summed E-state index contributed by atoms with van der Waals surface area (Å²) >= 11 is 6.26. The second-order valence-corrected chi connectivity index (χ2v) is 6.73. The Morgan fingerprint density at radius 2 is 2.07 bits per heavy atom. The van der Waals surface area contributed by atoms with Crippen LogP contribution in [0.4, 0.5) is 17.2 Å². The molecule has 1 aliphatic heterocycles. The molecule has 2 aromatic rings. The van der Waals surface area contributed by atoms with Crippen molar-refractivity contribution in [2.45, 2.75) is 25.9 Å². The molecule has 1 aromatic heterocycles. The lowest BCUT2D eigenvalue weighted by Gasteiger charge is -2.46. The van der Waals surface area contributed by atoms with Crippen LogP contribution in [0.25, 0.3) is 0 Å². The van der Waals surface area contributed by atoms with E-state index in [9.17, 15) is 15.3 Å². The Balaban J connectivity index is 1.85. The summed E-state index contributed by atoms with van der Waals surface area (Å²) in [5, 5.41) is 31.3. The maximum absolute atomic E-state index is 10.9. The molecule has 12 heteroatoms. The third-order valence-corrected chi connectivity index (χ3v) is 4.77. The maximum atomic E-state index is 10.9. The molecule has 0 bridgehead atoms. The zero-order chi connectivity index (χ0) is 19.7. The first kappa shape index (κ1) is 18.7. The highest BCUT2D eigenvalue weighted by Crippen LogP contribution is 2.32. The molecule has 0 aliphatic carbocycles. The van der Waals surface area contributed by atoms with Crippen molar-refractivity contribution in [2.24, 2.45) is 5.16 Å². The Morgan fingerprint density at radius 1 is 1.41 bits per heavy atom. The molecule has 0 radical (unpaired) electrons. The quantitative estimate of drug-likeness (QED) is 0.261. The molecule has 2 atom stereocenters. The van der Waals surface area contributed by atoms with Crippen molar-refractivity contribution < 1.29 is 14.8 Å². The van der Waals surface area contributed by atoms with Gasteiger partial charge < -0.3 is 20.7 Å². The molecule has 3 rings (SSSR count). The highest BCUT2D eigenvalue weighted by molar-refractivity contribution is 6.33. The van der Waals surface area contributed by atoms with Gasteiger partial charge in [0.15, 0.2) is 11.5 Å². The highest BCUT2D eigenvalue weighted by atomic mass is 35.5. The molecule has 1 saturated heterocycles. The van der Waals surface area contributed by atoms with E-state index in [0.717, 1.165) is 0 Å². The van der Waals surface area contributed by atoms with Crippen LogP contribution in [-0.2, 0) is 0 Å². The Labute approximate surface area is 159 Å². The van der Waals surface area contributed by atoms with E-state index in [1.807, 2.05) is 23.6 Å². The minimum Gasteiger partial charge on any atom is -0.409 e. The van der Waals surface area contributed by atoms with Crippen molar-refractivity contribution >= 4 is 34.6 Å². The number of amidine groups is 1. The molecule has 27 heavy (non-hydrogen) atoms. The van der Waals surface area contributed by atoms with E-state index in [4.69, 9.17) is 17.3 Å². The number of nitrogen functional groups attached to an aromatic ring is 1. The molecule has 1 aliphatic rings. The third-order valence-electron chi connectivity index (χ3n) is 4.47. The molecule has 1 aromatic carbocycles. The number of anilines is 2. The van der Waals surface area contributed by atoms with Crippen molar-refractivity contribution in [3.8, 4) is 0 Å². The number of rotatable bonds is 3. The van der Waals surface area contributed by atoms with E-state index in [2.05, 4.69) is 20.1 Å². The minimum absolute atomic E-state index is 0.0306. The van der Waals surface area contributed by atoms with Gasteiger partial charge in [-0.25, -0.2) is 4.63 Å². The normalized spacial score (nSPS) is 20.8. The van der Waals surface area contributed by atoms with Gasteiger partial charge in [0, 0.05) is 37.3 Å². The van der Waals surface area contributed by atoms with Gasteiger partial charge in [-0.2, -0.15) is 0 Å². The van der Waals surface area contributed by atoms with Gasteiger partial charge in [-0.05, 0) is 30.2 Å². The molecule has 0 spiro atoms. The Hall–Kier alpha value is -3.08. The number of nitro groups is 1. The Bertz CT molecular complexity index is 875. The number of nitrogens with two attached hydrogens (primary N) is 1. The molecule has 0 saturated carbocycles. The van der Waals surface area contributed by atoms with E-state index in [1.165, 1.54) is 12.1 Å². The number of hydrogen-bond acceptors (Lipinski definition) is 9. The lowest BCUT2D eigenvalue weighted by molar-refractivity contribution is -0.384. The number of benzene rings is 1. The lowest BCUT2D eigenvalue weighted by atomic mass is 10.1. The van der Waals surface area contributed by atoms with Gasteiger partial charge in [-0.15, -0.1) is 0 Å². The molecule has 1 fully saturated rings. The number of nitro benzene ring substituents is 1.